The van der Waals surface area contributed by atoms with Crippen LogP contribution in [0.2, 0.25) is 0 Å². The van der Waals surface area contributed by atoms with Gasteiger partial charge in [-0.25, -0.2) is 0 Å². The second-order valence-electron chi connectivity index (χ2n) is 5.71. The van der Waals surface area contributed by atoms with Crippen molar-refractivity contribution in [1.29, 1.82) is 0 Å². The van der Waals surface area contributed by atoms with Crippen LogP contribution in [0.15, 0.2) is 0 Å². The van der Waals surface area contributed by atoms with Crippen LogP contribution >= 0.6 is 0 Å². The minimum atomic E-state index is -3.50. The molecule has 7 heteroatoms. The van der Waals surface area contributed by atoms with Gasteiger partial charge in [-0.05, 0) is 31.6 Å². The van der Waals surface area contributed by atoms with E-state index in [0.29, 0.717) is 19.0 Å². The van der Waals surface area contributed by atoms with E-state index in [4.69, 9.17) is 0 Å². The van der Waals surface area contributed by atoms with Crippen LogP contribution in [0.1, 0.15) is 32.6 Å². The van der Waals surface area contributed by atoms with E-state index in [1.165, 1.54) is 11.4 Å². The van der Waals surface area contributed by atoms with Crippen molar-refractivity contribution in [2.24, 2.45) is 5.92 Å². The van der Waals surface area contributed by atoms with E-state index in [2.05, 4.69) is 12.2 Å². The molecule has 0 aromatic carbocycles. The molecule has 2 fully saturated rings. The van der Waals surface area contributed by atoms with Crippen LogP contribution in [0.5, 0.6) is 0 Å². The highest BCUT2D eigenvalue weighted by Crippen LogP contribution is 2.20. The fraction of sp³-hybridized carbons (Fsp3) is 0.917. The Morgan fingerprint density at radius 1 is 1.37 bits per heavy atom. The Balaban J connectivity index is 1.91. The number of likely N-dealkylation sites (N-methyl/N-ethyl adjacent to an activating group) is 1. The Morgan fingerprint density at radius 3 is 2.63 bits per heavy atom. The molecule has 0 aromatic rings. The quantitative estimate of drug-likeness (QED) is 0.784. The summed E-state index contributed by atoms with van der Waals surface area (Å²) in [6.07, 6.45) is 3.97. The second-order valence-corrected chi connectivity index (χ2v) is 7.75. The van der Waals surface area contributed by atoms with E-state index < -0.39 is 10.2 Å². The third-order valence-corrected chi connectivity index (χ3v) is 5.55. The van der Waals surface area contributed by atoms with Gasteiger partial charge in [-0.2, -0.15) is 17.0 Å². The predicted molar refractivity (Wildman–Crippen MR) is 72.7 cm³/mol. The fourth-order valence-electron chi connectivity index (χ4n) is 2.34. The number of amides is 1. The molecule has 0 spiro atoms. The van der Waals surface area contributed by atoms with Gasteiger partial charge in [0.1, 0.15) is 0 Å². The molecule has 1 amide bonds. The minimum Gasteiger partial charge on any atom is -0.352 e. The highest BCUT2D eigenvalue weighted by molar-refractivity contribution is 7.86. The number of piperidine rings is 1. The Kier molecular flexibility index (Phi) is 4.47. The summed E-state index contributed by atoms with van der Waals surface area (Å²) in [6.45, 7) is 3.07. The van der Waals surface area contributed by atoms with Crippen molar-refractivity contribution in [2.75, 3.05) is 26.7 Å². The van der Waals surface area contributed by atoms with E-state index in [0.717, 1.165) is 30.0 Å². The number of carbonyl (C=O) groups is 1. The summed E-state index contributed by atoms with van der Waals surface area (Å²) in [4.78, 5) is 11.7. The van der Waals surface area contributed by atoms with Gasteiger partial charge < -0.3 is 5.32 Å². The molecule has 1 atom stereocenters. The molecule has 1 aliphatic carbocycles. The van der Waals surface area contributed by atoms with Gasteiger partial charge in [-0.15, -0.1) is 0 Å². The number of hydrogen-bond acceptors (Lipinski definition) is 3. The van der Waals surface area contributed by atoms with E-state index in [1.54, 1.807) is 0 Å². The molecule has 6 nitrogen and oxygen atoms in total. The third-order valence-electron chi connectivity index (χ3n) is 3.65. The van der Waals surface area contributed by atoms with Crippen molar-refractivity contribution in [3.63, 3.8) is 0 Å². The van der Waals surface area contributed by atoms with Crippen LogP contribution in [0.3, 0.4) is 0 Å². The lowest BCUT2D eigenvalue weighted by Crippen LogP contribution is -2.49. The molecule has 1 aliphatic heterocycles. The van der Waals surface area contributed by atoms with Crippen LogP contribution in [-0.4, -0.2) is 55.7 Å². The van der Waals surface area contributed by atoms with Crippen molar-refractivity contribution < 1.29 is 13.2 Å². The fourth-order valence-corrected chi connectivity index (χ4v) is 3.82. The molecule has 0 radical (unpaired) electrons. The second kappa shape index (κ2) is 5.76. The van der Waals surface area contributed by atoms with Gasteiger partial charge in [0, 0.05) is 26.2 Å². The molecular formula is C12H23N3O3S. The SMILES string of the molecule is CC1CCCN(S(=O)(=O)N(C)CC(=O)NC2CC2)C1. The number of rotatable bonds is 5. The summed E-state index contributed by atoms with van der Waals surface area (Å²) in [5, 5.41) is 2.80. The Morgan fingerprint density at radius 2 is 2.05 bits per heavy atom. The average Bonchev–Trinajstić information content (AvgIpc) is 3.12. The van der Waals surface area contributed by atoms with Gasteiger partial charge in [0.05, 0.1) is 6.54 Å². The summed E-state index contributed by atoms with van der Waals surface area (Å²) in [5.41, 5.74) is 0. The van der Waals surface area contributed by atoms with Crippen molar-refractivity contribution in [1.82, 2.24) is 13.9 Å². The minimum absolute atomic E-state index is 0.0935. The van der Waals surface area contributed by atoms with Crippen LogP contribution in [-0.2, 0) is 15.0 Å². The molecule has 1 saturated heterocycles. The predicted octanol–water partition coefficient (Wildman–Crippen LogP) is 0.174. The smallest absolute Gasteiger partial charge is 0.282 e. The van der Waals surface area contributed by atoms with Crippen molar-refractivity contribution in [3.05, 3.63) is 0 Å². The molecule has 1 N–H and O–H groups in total. The molecule has 1 saturated carbocycles. The lowest BCUT2D eigenvalue weighted by Gasteiger charge is -2.32. The molecule has 1 unspecified atom stereocenters. The van der Waals surface area contributed by atoms with Crippen LogP contribution in [0.25, 0.3) is 0 Å². The zero-order chi connectivity index (χ0) is 14.0. The topological polar surface area (TPSA) is 69.7 Å². The van der Waals surface area contributed by atoms with E-state index in [-0.39, 0.29) is 18.5 Å². The normalized spacial score (nSPS) is 25.5. The van der Waals surface area contributed by atoms with E-state index in [1.807, 2.05) is 0 Å². The summed E-state index contributed by atoms with van der Waals surface area (Å²) in [6, 6.07) is 0.263. The van der Waals surface area contributed by atoms with Gasteiger partial charge in [0.15, 0.2) is 0 Å². The van der Waals surface area contributed by atoms with Gasteiger partial charge >= 0.3 is 0 Å². The maximum absolute atomic E-state index is 12.3. The maximum atomic E-state index is 12.3. The van der Waals surface area contributed by atoms with E-state index in [9.17, 15) is 13.2 Å². The van der Waals surface area contributed by atoms with Crippen molar-refractivity contribution in [2.45, 2.75) is 38.6 Å². The summed E-state index contributed by atoms with van der Waals surface area (Å²) in [5.74, 6) is 0.177. The Hall–Kier alpha value is -0.660. The Bertz CT molecular complexity index is 434. The van der Waals surface area contributed by atoms with Crippen molar-refractivity contribution >= 4 is 16.1 Å². The summed E-state index contributed by atoms with van der Waals surface area (Å²) >= 11 is 0. The first-order chi connectivity index (χ1) is 8.89. The molecule has 110 valence electrons. The lowest BCUT2D eigenvalue weighted by atomic mass is 10.0. The monoisotopic (exact) mass is 289 g/mol. The Labute approximate surface area is 115 Å². The zero-order valence-corrected chi connectivity index (χ0v) is 12.4. The maximum Gasteiger partial charge on any atom is 0.282 e. The lowest BCUT2D eigenvalue weighted by molar-refractivity contribution is -0.121. The van der Waals surface area contributed by atoms with Gasteiger partial charge in [-0.3, -0.25) is 4.79 Å². The number of nitrogens with one attached hydrogen (secondary N) is 1. The van der Waals surface area contributed by atoms with Gasteiger partial charge in [0.25, 0.3) is 10.2 Å². The largest absolute Gasteiger partial charge is 0.352 e. The summed E-state index contributed by atoms with van der Waals surface area (Å²) < 4.78 is 27.3. The van der Waals surface area contributed by atoms with Crippen LogP contribution < -0.4 is 5.32 Å². The molecule has 0 aromatic heterocycles. The van der Waals surface area contributed by atoms with E-state index >= 15 is 0 Å². The zero-order valence-electron chi connectivity index (χ0n) is 11.6. The van der Waals surface area contributed by atoms with Gasteiger partial charge in [-0.1, -0.05) is 6.92 Å². The highest BCUT2D eigenvalue weighted by atomic mass is 32.2. The number of hydrogen-bond donors (Lipinski definition) is 1. The third kappa shape index (κ3) is 3.90. The molecule has 0 bridgehead atoms. The molecule has 19 heavy (non-hydrogen) atoms. The number of carbonyl (C=O) groups excluding carboxylic acids is 1. The molecule has 1 heterocycles. The first-order valence-electron chi connectivity index (χ1n) is 6.90. The molecule has 2 rings (SSSR count). The first kappa shape index (κ1) is 14.7. The average molecular weight is 289 g/mol. The van der Waals surface area contributed by atoms with Crippen LogP contribution in [0, 0.1) is 5.92 Å². The highest BCUT2D eigenvalue weighted by Gasteiger charge is 2.32. The van der Waals surface area contributed by atoms with Crippen molar-refractivity contribution in [3.8, 4) is 0 Å². The first-order valence-corrected chi connectivity index (χ1v) is 8.30. The molecule has 2 aliphatic rings. The number of nitrogens with zero attached hydrogens (tertiary/aromatic N) is 2. The van der Waals surface area contributed by atoms with Crippen LogP contribution in [0.4, 0.5) is 0 Å². The van der Waals surface area contributed by atoms with Gasteiger partial charge in [0.2, 0.25) is 5.91 Å². The molecular weight excluding hydrogens is 266 g/mol. The summed E-state index contributed by atoms with van der Waals surface area (Å²) in [7, 11) is -2.03. The standard InChI is InChI=1S/C12H23N3O3S/c1-10-4-3-7-15(8-10)19(17,18)14(2)9-12(16)13-11-5-6-11/h10-11H,3-9H2,1-2H3,(H,13,16).